The van der Waals surface area contributed by atoms with Crippen LogP contribution in [-0.4, -0.2) is 86.7 Å². The summed E-state index contributed by atoms with van der Waals surface area (Å²) < 4.78 is 5.79. The van der Waals surface area contributed by atoms with E-state index in [0.29, 0.717) is 5.92 Å². The van der Waals surface area contributed by atoms with Crippen molar-refractivity contribution in [3.8, 4) is 0 Å². The molecule has 1 rings (SSSR count). The van der Waals surface area contributed by atoms with Crippen LogP contribution in [0, 0.1) is 5.92 Å². The molecule has 7 nitrogen and oxygen atoms in total. The van der Waals surface area contributed by atoms with Gasteiger partial charge >= 0.3 is 0 Å². The van der Waals surface area contributed by atoms with Gasteiger partial charge in [-0.25, -0.2) is 0 Å². The lowest BCUT2D eigenvalue weighted by molar-refractivity contribution is -0.130. The number of carbonyl (C=O) groups is 1. The fourth-order valence-electron chi connectivity index (χ4n) is 3.09. The molecule has 0 saturated carbocycles. The molecule has 1 amide bonds. The Balaban J connectivity index is 0.00000676. The molecule has 1 atom stereocenters. The molecule has 0 bridgehead atoms. The van der Waals surface area contributed by atoms with Gasteiger partial charge in [-0.2, -0.15) is 0 Å². The number of rotatable bonds is 10. The minimum atomic E-state index is 0. The van der Waals surface area contributed by atoms with Crippen LogP contribution in [0.3, 0.4) is 0 Å². The standard InChI is InChI=1S/C19H39N5O2.HI/c1-6-20-19(21-9-8-18(16(3)4)26-7-2)22-10-11-23-12-14-24(15-13-23)17(5)25;/h16,18H,6-15H2,1-5H3,(H2,20,21,22);1H. The minimum Gasteiger partial charge on any atom is -0.378 e. The van der Waals surface area contributed by atoms with Crippen LogP contribution in [0.2, 0.25) is 0 Å². The molecule has 0 aromatic heterocycles. The zero-order chi connectivity index (χ0) is 19.4. The van der Waals surface area contributed by atoms with Crippen molar-refractivity contribution >= 4 is 35.8 Å². The van der Waals surface area contributed by atoms with Crippen molar-refractivity contribution in [2.75, 3.05) is 59.0 Å². The smallest absolute Gasteiger partial charge is 0.219 e. The predicted molar refractivity (Wildman–Crippen MR) is 123 cm³/mol. The van der Waals surface area contributed by atoms with Crippen LogP contribution < -0.4 is 10.6 Å². The maximum absolute atomic E-state index is 11.4. The van der Waals surface area contributed by atoms with Crippen LogP contribution in [0.1, 0.15) is 41.0 Å². The molecule has 1 unspecified atom stereocenters. The Labute approximate surface area is 182 Å². The van der Waals surface area contributed by atoms with E-state index < -0.39 is 0 Å². The molecule has 1 aliphatic heterocycles. The summed E-state index contributed by atoms with van der Waals surface area (Å²) in [5.74, 6) is 1.55. The maximum atomic E-state index is 11.4. The highest BCUT2D eigenvalue weighted by Crippen LogP contribution is 2.10. The first-order valence-electron chi connectivity index (χ1n) is 10.1. The van der Waals surface area contributed by atoms with Crippen LogP contribution in [0.4, 0.5) is 0 Å². The van der Waals surface area contributed by atoms with E-state index in [0.717, 1.165) is 71.3 Å². The van der Waals surface area contributed by atoms with E-state index in [1.54, 1.807) is 6.92 Å². The summed E-state index contributed by atoms with van der Waals surface area (Å²) in [6.07, 6.45) is 1.21. The Morgan fingerprint density at radius 2 is 1.81 bits per heavy atom. The molecule has 0 aromatic carbocycles. The molecule has 0 aliphatic carbocycles. The highest BCUT2D eigenvalue weighted by Gasteiger charge is 2.18. The monoisotopic (exact) mass is 497 g/mol. The summed E-state index contributed by atoms with van der Waals surface area (Å²) >= 11 is 0. The third-order valence-electron chi connectivity index (χ3n) is 4.69. The van der Waals surface area contributed by atoms with Gasteiger partial charge in [0.05, 0.1) is 6.10 Å². The average Bonchev–Trinajstić information content (AvgIpc) is 2.61. The van der Waals surface area contributed by atoms with E-state index in [-0.39, 0.29) is 36.0 Å². The molecule has 27 heavy (non-hydrogen) atoms. The van der Waals surface area contributed by atoms with Gasteiger partial charge in [0.2, 0.25) is 5.91 Å². The van der Waals surface area contributed by atoms with Gasteiger partial charge in [0.25, 0.3) is 0 Å². The third kappa shape index (κ3) is 11.1. The van der Waals surface area contributed by atoms with Crippen LogP contribution >= 0.6 is 24.0 Å². The van der Waals surface area contributed by atoms with Gasteiger partial charge in [-0.15, -0.1) is 24.0 Å². The highest BCUT2D eigenvalue weighted by atomic mass is 127. The van der Waals surface area contributed by atoms with Crippen molar-refractivity contribution < 1.29 is 9.53 Å². The van der Waals surface area contributed by atoms with Crippen LogP contribution in [0.25, 0.3) is 0 Å². The molecule has 1 fully saturated rings. The van der Waals surface area contributed by atoms with Gasteiger partial charge in [-0.1, -0.05) is 13.8 Å². The molecule has 160 valence electrons. The highest BCUT2D eigenvalue weighted by molar-refractivity contribution is 14.0. The summed E-state index contributed by atoms with van der Waals surface area (Å²) in [5.41, 5.74) is 0. The number of aliphatic imine (C=N–C) groups is 1. The zero-order valence-corrected chi connectivity index (χ0v) is 20.1. The van der Waals surface area contributed by atoms with Gasteiger partial charge in [0.1, 0.15) is 0 Å². The first-order valence-corrected chi connectivity index (χ1v) is 10.1. The second-order valence-electron chi connectivity index (χ2n) is 7.06. The third-order valence-corrected chi connectivity index (χ3v) is 4.69. The minimum absolute atomic E-state index is 0. The number of nitrogens with one attached hydrogen (secondary N) is 2. The molecule has 2 N–H and O–H groups in total. The number of nitrogens with zero attached hydrogens (tertiary/aromatic N) is 3. The van der Waals surface area contributed by atoms with E-state index in [1.165, 1.54) is 0 Å². The molecule has 1 aliphatic rings. The van der Waals surface area contributed by atoms with Crippen LogP contribution in [0.5, 0.6) is 0 Å². The van der Waals surface area contributed by atoms with Crippen LogP contribution in [-0.2, 0) is 9.53 Å². The van der Waals surface area contributed by atoms with Gasteiger partial charge < -0.3 is 20.3 Å². The quantitative estimate of drug-likeness (QED) is 0.274. The Morgan fingerprint density at radius 1 is 1.15 bits per heavy atom. The van der Waals surface area contributed by atoms with Crippen LogP contribution in [0.15, 0.2) is 4.99 Å². The first kappa shape index (κ1) is 26.4. The van der Waals surface area contributed by atoms with Gasteiger partial charge in [0.15, 0.2) is 5.96 Å². The Bertz CT molecular complexity index is 426. The number of amides is 1. The van der Waals surface area contributed by atoms with E-state index >= 15 is 0 Å². The van der Waals surface area contributed by atoms with Crippen molar-refractivity contribution in [3.05, 3.63) is 0 Å². The number of carbonyl (C=O) groups excluding carboxylic acids is 1. The number of hydrogen-bond acceptors (Lipinski definition) is 4. The van der Waals surface area contributed by atoms with Crippen molar-refractivity contribution in [2.24, 2.45) is 10.9 Å². The summed E-state index contributed by atoms with van der Waals surface area (Å²) in [7, 11) is 0. The Hall–Kier alpha value is -0.610. The van der Waals surface area contributed by atoms with E-state index in [4.69, 9.17) is 4.74 Å². The van der Waals surface area contributed by atoms with Gasteiger partial charge in [0, 0.05) is 65.9 Å². The lowest BCUT2D eigenvalue weighted by atomic mass is 10.0. The molecule has 1 heterocycles. The number of guanidine groups is 1. The molecule has 0 radical (unpaired) electrons. The SMILES string of the molecule is CCNC(=NCCC(OCC)C(C)C)NCCN1CCN(C(C)=O)CC1.I. The topological polar surface area (TPSA) is 69.2 Å². The summed E-state index contributed by atoms with van der Waals surface area (Å²) in [5, 5.41) is 6.72. The fourth-order valence-corrected chi connectivity index (χ4v) is 3.09. The second kappa shape index (κ2) is 15.3. The molecular formula is C19H40IN5O2. The Morgan fingerprint density at radius 3 is 2.33 bits per heavy atom. The first-order chi connectivity index (χ1) is 12.5. The number of piperazine rings is 1. The maximum Gasteiger partial charge on any atom is 0.219 e. The Kier molecular flexibility index (Phi) is 15.0. The molecule has 1 saturated heterocycles. The van der Waals surface area contributed by atoms with E-state index in [9.17, 15) is 4.79 Å². The van der Waals surface area contributed by atoms with Crippen molar-refractivity contribution in [2.45, 2.75) is 47.1 Å². The fraction of sp³-hybridized carbons (Fsp3) is 0.895. The zero-order valence-electron chi connectivity index (χ0n) is 17.8. The van der Waals surface area contributed by atoms with Crippen molar-refractivity contribution in [1.82, 2.24) is 20.4 Å². The number of hydrogen-bond donors (Lipinski definition) is 2. The van der Waals surface area contributed by atoms with Crippen molar-refractivity contribution in [3.63, 3.8) is 0 Å². The normalized spacial score (nSPS) is 16.8. The average molecular weight is 497 g/mol. The van der Waals surface area contributed by atoms with E-state index in [1.807, 2.05) is 11.8 Å². The van der Waals surface area contributed by atoms with Gasteiger partial charge in [-0.3, -0.25) is 14.7 Å². The lowest BCUT2D eigenvalue weighted by Gasteiger charge is -2.34. The van der Waals surface area contributed by atoms with Crippen molar-refractivity contribution in [1.29, 1.82) is 0 Å². The summed E-state index contributed by atoms with van der Waals surface area (Å²) in [4.78, 5) is 20.4. The number of ether oxygens (including phenoxy) is 1. The van der Waals surface area contributed by atoms with E-state index in [2.05, 4.69) is 41.3 Å². The predicted octanol–water partition coefficient (Wildman–Crippen LogP) is 1.77. The lowest BCUT2D eigenvalue weighted by Crippen LogP contribution is -2.50. The molecule has 0 spiro atoms. The molecule has 8 heteroatoms. The van der Waals surface area contributed by atoms with Gasteiger partial charge in [-0.05, 0) is 26.2 Å². The summed E-state index contributed by atoms with van der Waals surface area (Å²) in [6.45, 7) is 17.9. The molecular weight excluding hydrogens is 457 g/mol. The second-order valence-corrected chi connectivity index (χ2v) is 7.06. The number of halogens is 1. The summed E-state index contributed by atoms with van der Waals surface area (Å²) in [6, 6.07) is 0. The largest absolute Gasteiger partial charge is 0.378 e. The molecule has 0 aromatic rings.